The number of carbonyl (C=O) groups excluding carboxylic acids is 1. The first-order valence-corrected chi connectivity index (χ1v) is 9.11. The maximum absolute atomic E-state index is 12.5. The minimum absolute atomic E-state index is 0.0000450. The lowest BCUT2D eigenvalue weighted by molar-refractivity contribution is 0.101. The number of Topliss-reactive ketones (excluding diaryl/α,β-unsaturated/α-hetero) is 1. The van der Waals surface area contributed by atoms with E-state index in [1.807, 2.05) is 0 Å². The fourth-order valence-corrected chi connectivity index (χ4v) is 3.13. The second-order valence-corrected chi connectivity index (χ2v) is 7.11. The predicted octanol–water partition coefficient (Wildman–Crippen LogP) is 2.25. The monoisotopic (exact) mass is 369 g/mol. The molecule has 2 heterocycles. The molecule has 0 aliphatic heterocycles. The van der Waals surface area contributed by atoms with Gasteiger partial charge in [-0.3, -0.25) is 9.78 Å². The van der Waals surface area contributed by atoms with Crippen LogP contribution in [0.3, 0.4) is 0 Å². The number of rotatable bonds is 5. The Hall–Kier alpha value is -3.20. The number of carbonyl (C=O) groups is 1. The van der Waals surface area contributed by atoms with Gasteiger partial charge >= 0.3 is 0 Å². The largest absolute Gasteiger partial charge is 0.295 e. The van der Waals surface area contributed by atoms with Crippen LogP contribution >= 0.6 is 0 Å². The van der Waals surface area contributed by atoms with Crippen LogP contribution in [0.2, 0.25) is 0 Å². The van der Waals surface area contributed by atoms with E-state index >= 15 is 0 Å². The summed E-state index contributed by atoms with van der Waals surface area (Å²) in [5.74, 6) is 0.372. The molecule has 0 aliphatic carbocycles. The molecule has 1 N–H and O–H groups in total. The van der Waals surface area contributed by atoms with Crippen molar-refractivity contribution in [2.75, 3.05) is 4.72 Å². The highest BCUT2D eigenvalue weighted by molar-refractivity contribution is 7.92. The summed E-state index contributed by atoms with van der Waals surface area (Å²) in [6, 6.07) is 10.9. The van der Waals surface area contributed by atoms with E-state index in [9.17, 15) is 13.2 Å². The molecule has 3 rings (SSSR count). The molecule has 0 fully saturated rings. The summed E-state index contributed by atoms with van der Waals surface area (Å²) in [6.07, 6.45) is 1.59. The maximum atomic E-state index is 12.5. The second-order valence-electron chi connectivity index (χ2n) is 5.43. The Bertz CT molecular complexity index is 1050. The van der Waals surface area contributed by atoms with E-state index in [1.165, 1.54) is 31.2 Å². The van der Waals surface area contributed by atoms with E-state index in [0.29, 0.717) is 17.1 Å². The Kier molecular flexibility index (Phi) is 4.72. The van der Waals surface area contributed by atoms with E-state index in [0.717, 1.165) is 0 Å². The first-order valence-electron chi connectivity index (χ1n) is 7.63. The van der Waals surface area contributed by atoms with Crippen molar-refractivity contribution in [1.29, 1.82) is 0 Å². The molecule has 0 amide bonds. The third-order valence-electron chi connectivity index (χ3n) is 3.44. The van der Waals surface area contributed by atoms with E-state index in [1.54, 1.807) is 31.3 Å². The van der Waals surface area contributed by atoms with Crippen molar-refractivity contribution in [2.45, 2.75) is 18.7 Å². The van der Waals surface area contributed by atoms with E-state index in [-0.39, 0.29) is 22.5 Å². The third kappa shape index (κ3) is 3.89. The van der Waals surface area contributed by atoms with Gasteiger partial charge in [-0.2, -0.15) is 9.97 Å². The van der Waals surface area contributed by atoms with Crippen LogP contribution in [-0.2, 0) is 10.0 Å². The number of aryl methyl sites for hydroxylation is 1. The maximum Gasteiger partial charge on any atom is 0.264 e. The van der Waals surface area contributed by atoms with Crippen molar-refractivity contribution < 1.29 is 13.2 Å². The smallest absolute Gasteiger partial charge is 0.264 e. The zero-order chi connectivity index (χ0) is 18.7. The lowest BCUT2D eigenvalue weighted by atomic mass is 10.2. The molecule has 0 unspecified atom stereocenters. The SMILES string of the molecule is CC(=O)c1ccc(S(=O)(=O)Nc2nc(C)nc(-c3ccccn3)n2)cc1. The van der Waals surface area contributed by atoms with Gasteiger partial charge in [0, 0.05) is 11.8 Å². The van der Waals surface area contributed by atoms with Crippen LogP contribution in [-0.4, -0.2) is 34.1 Å². The minimum Gasteiger partial charge on any atom is -0.295 e. The van der Waals surface area contributed by atoms with E-state index in [4.69, 9.17) is 0 Å². The molecule has 132 valence electrons. The molecule has 0 aliphatic rings. The number of ketones is 1. The first-order chi connectivity index (χ1) is 12.3. The number of aromatic nitrogens is 4. The summed E-state index contributed by atoms with van der Waals surface area (Å²) >= 11 is 0. The Labute approximate surface area is 150 Å². The summed E-state index contributed by atoms with van der Waals surface area (Å²) in [6.45, 7) is 3.04. The molecule has 0 radical (unpaired) electrons. The van der Waals surface area contributed by atoms with Gasteiger partial charge in [-0.15, -0.1) is 0 Å². The van der Waals surface area contributed by atoms with Crippen LogP contribution in [0.4, 0.5) is 5.95 Å². The fourth-order valence-electron chi connectivity index (χ4n) is 2.18. The van der Waals surface area contributed by atoms with Gasteiger partial charge in [-0.25, -0.2) is 18.1 Å². The van der Waals surface area contributed by atoms with Crippen molar-refractivity contribution in [3.63, 3.8) is 0 Å². The van der Waals surface area contributed by atoms with Crippen LogP contribution in [0.5, 0.6) is 0 Å². The zero-order valence-corrected chi connectivity index (χ0v) is 14.9. The molecular weight excluding hydrogens is 354 g/mol. The quantitative estimate of drug-likeness (QED) is 0.686. The van der Waals surface area contributed by atoms with Gasteiger partial charge in [0.05, 0.1) is 4.90 Å². The van der Waals surface area contributed by atoms with Crippen molar-refractivity contribution in [3.05, 3.63) is 60.0 Å². The normalized spacial score (nSPS) is 11.2. The summed E-state index contributed by atoms with van der Waals surface area (Å²) < 4.78 is 27.4. The van der Waals surface area contributed by atoms with E-state index < -0.39 is 10.0 Å². The number of hydrogen-bond acceptors (Lipinski definition) is 7. The highest BCUT2D eigenvalue weighted by Gasteiger charge is 2.17. The number of hydrogen-bond donors (Lipinski definition) is 1. The van der Waals surface area contributed by atoms with Gasteiger partial charge < -0.3 is 0 Å². The average Bonchev–Trinajstić information content (AvgIpc) is 2.61. The van der Waals surface area contributed by atoms with Crippen LogP contribution in [0.1, 0.15) is 23.1 Å². The summed E-state index contributed by atoms with van der Waals surface area (Å²) in [4.78, 5) is 27.8. The molecule has 9 heteroatoms. The predicted molar refractivity (Wildman–Crippen MR) is 95.0 cm³/mol. The van der Waals surface area contributed by atoms with Gasteiger partial charge in [-0.1, -0.05) is 18.2 Å². The first kappa shape index (κ1) is 17.6. The van der Waals surface area contributed by atoms with Crippen molar-refractivity contribution in [3.8, 4) is 11.5 Å². The standard InChI is InChI=1S/C17H15N5O3S/c1-11(23)13-6-8-14(9-7-13)26(24,25)22-17-20-12(2)19-16(21-17)15-5-3-4-10-18-15/h3-10H,1-2H3,(H,19,20,21,22). The summed E-state index contributed by atoms with van der Waals surface area (Å²) in [5.41, 5.74) is 0.932. The molecule has 2 aromatic heterocycles. The lowest BCUT2D eigenvalue weighted by Crippen LogP contribution is -2.16. The summed E-state index contributed by atoms with van der Waals surface area (Å²) in [7, 11) is -3.91. The second kappa shape index (κ2) is 6.96. The van der Waals surface area contributed by atoms with Crippen LogP contribution in [0.15, 0.2) is 53.6 Å². The molecule has 3 aromatic rings. The third-order valence-corrected chi connectivity index (χ3v) is 4.78. The van der Waals surface area contributed by atoms with Crippen molar-refractivity contribution >= 4 is 21.8 Å². The highest BCUT2D eigenvalue weighted by Crippen LogP contribution is 2.17. The Balaban J connectivity index is 1.92. The van der Waals surface area contributed by atoms with Crippen molar-refractivity contribution in [1.82, 2.24) is 19.9 Å². The number of nitrogens with zero attached hydrogens (tertiary/aromatic N) is 4. The average molecular weight is 369 g/mol. The molecule has 0 saturated heterocycles. The van der Waals surface area contributed by atoms with Gasteiger partial charge in [0.25, 0.3) is 10.0 Å². The molecule has 0 saturated carbocycles. The number of anilines is 1. The molecule has 8 nitrogen and oxygen atoms in total. The summed E-state index contributed by atoms with van der Waals surface area (Å²) in [5, 5.41) is 0. The molecule has 0 bridgehead atoms. The van der Waals surface area contributed by atoms with Crippen LogP contribution in [0, 0.1) is 6.92 Å². The lowest BCUT2D eigenvalue weighted by Gasteiger charge is -2.09. The molecule has 0 atom stereocenters. The Morgan fingerprint density at radius 1 is 1.00 bits per heavy atom. The van der Waals surface area contributed by atoms with Crippen LogP contribution < -0.4 is 4.72 Å². The molecule has 1 aromatic carbocycles. The van der Waals surface area contributed by atoms with Crippen molar-refractivity contribution in [2.24, 2.45) is 0 Å². The number of sulfonamides is 1. The van der Waals surface area contributed by atoms with Gasteiger partial charge in [0.15, 0.2) is 11.6 Å². The Morgan fingerprint density at radius 3 is 2.35 bits per heavy atom. The zero-order valence-electron chi connectivity index (χ0n) is 14.0. The minimum atomic E-state index is -3.91. The van der Waals surface area contributed by atoms with Gasteiger partial charge in [-0.05, 0) is 38.1 Å². The Morgan fingerprint density at radius 2 is 1.73 bits per heavy atom. The highest BCUT2D eigenvalue weighted by atomic mass is 32.2. The fraction of sp³-hybridized carbons (Fsp3) is 0.118. The number of benzene rings is 1. The van der Waals surface area contributed by atoms with Gasteiger partial charge in [0.1, 0.15) is 11.5 Å². The van der Waals surface area contributed by atoms with Crippen LogP contribution in [0.25, 0.3) is 11.5 Å². The van der Waals surface area contributed by atoms with E-state index in [2.05, 4.69) is 24.7 Å². The topological polar surface area (TPSA) is 115 Å². The number of nitrogens with one attached hydrogen (secondary N) is 1. The molecular formula is C17H15N5O3S. The molecule has 26 heavy (non-hydrogen) atoms. The number of pyridine rings is 1. The molecule has 0 spiro atoms. The van der Waals surface area contributed by atoms with Gasteiger partial charge in [0.2, 0.25) is 5.95 Å².